The third-order valence-electron chi connectivity index (χ3n) is 4.26. The van der Waals surface area contributed by atoms with Crippen LogP contribution in [0, 0.1) is 0 Å². The van der Waals surface area contributed by atoms with Gasteiger partial charge in [-0.15, -0.1) is 0 Å². The van der Waals surface area contributed by atoms with Crippen LogP contribution in [0.25, 0.3) is 0 Å². The van der Waals surface area contributed by atoms with Crippen LogP contribution in [0.1, 0.15) is 37.7 Å². The van der Waals surface area contributed by atoms with E-state index in [2.05, 4.69) is 20.6 Å². The van der Waals surface area contributed by atoms with Crippen LogP contribution in [0.2, 0.25) is 0 Å². The van der Waals surface area contributed by atoms with E-state index in [1.54, 1.807) is 14.2 Å². The van der Waals surface area contributed by atoms with Crippen molar-refractivity contribution in [3.05, 3.63) is 23.9 Å². The maximum atomic E-state index is 5.89. The van der Waals surface area contributed by atoms with Crippen molar-refractivity contribution in [2.24, 2.45) is 4.99 Å². The molecule has 0 saturated heterocycles. The van der Waals surface area contributed by atoms with Crippen LogP contribution in [0.5, 0.6) is 5.88 Å². The largest absolute Gasteiger partial charge is 0.474 e. The van der Waals surface area contributed by atoms with E-state index in [0.29, 0.717) is 32.5 Å². The van der Waals surface area contributed by atoms with Crippen LogP contribution < -0.4 is 15.4 Å². The fourth-order valence-corrected chi connectivity index (χ4v) is 2.79. The minimum Gasteiger partial charge on any atom is -0.474 e. The lowest BCUT2D eigenvalue weighted by Gasteiger charge is -2.13. The predicted molar refractivity (Wildman–Crippen MR) is 103 cm³/mol. The quantitative estimate of drug-likeness (QED) is 0.356. The molecule has 0 atom stereocenters. The minimum absolute atomic E-state index is 0.341. The van der Waals surface area contributed by atoms with Gasteiger partial charge in [0.05, 0.1) is 13.2 Å². The van der Waals surface area contributed by atoms with Crippen molar-refractivity contribution >= 4 is 5.96 Å². The number of ether oxygens (including phenoxy) is 3. The van der Waals surface area contributed by atoms with E-state index in [0.717, 1.165) is 43.2 Å². The molecule has 1 aromatic rings. The molecule has 2 N–H and O–H groups in total. The lowest BCUT2D eigenvalue weighted by molar-refractivity contribution is 0.0698. The van der Waals surface area contributed by atoms with Gasteiger partial charge >= 0.3 is 0 Å². The zero-order chi connectivity index (χ0) is 18.5. The van der Waals surface area contributed by atoms with Crippen LogP contribution >= 0.6 is 0 Å². The molecule has 1 aromatic heterocycles. The number of aromatic nitrogens is 1. The van der Waals surface area contributed by atoms with E-state index in [-0.39, 0.29) is 0 Å². The minimum atomic E-state index is 0.341. The van der Waals surface area contributed by atoms with Gasteiger partial charge in [-0.2, -0.15) is 0 Å². The number of rotatable bonds is 11. The first-order valence-corrected chi connectivity index (χ1v) is 9.44. The molecule has 0 amide bonds. The summed E-state index contributed by atoms with van der Waals surface area (Å²) in [6.45, 7) is 3.45. The molecule has 146 valence electrons. The first-order chi connectivity index (χ1) is 12.8. The molecular formula is C19H32N4O3. The first kappa shape index (κ1) is 20.5. The topological polar surface area (TPSA) is 77.0 Å². The molecule has 2 rings (SSSR count). The highest BCUT2D eigenvalue weighted by Crippen LogP contribution is 2.22. The lowest BCUT2D eigenvalue weighted by atomic mass is 10.3. The van der Waals surface area contributed by atoms with E-state index in [9.17, 15) is 0 Å². The Morgan fingerprint density at radius 1 is 1.19 bits per heavy atom. The highest BCUT2D eigenvalue weighted by molar-refractivity contribution is 5.79. The van der Waals surface area contributed by atoms with Crippen molar-refractivity contribution in [1.82, 2.24) is 15.6 Å². The summed E-state index contributed by atoms with van der Waals surface area (Å²) in [6.07, 6.45) is 7.92. The standard InChI is InChI=1S/C19H32N4O3/c1-20-19(21-10-5-11-25-13-12-24-2)23-15-16-8-9-18(22-14-16)26-17-6-3-4-7-17/h8-9,14,17H,3-7,10-13,15H2,1-2H3,(H2,20,21,23). The van der Waals surface area contributed by atoms with Gasteiger partial charge in [-0.25, -0.2) is 4.98 Å². The average Bonchev–Trinajstić information content (AvgIpc) is 3.17. The summed E-state index contributed by atoms with van der Waals surface area (Å²) in [5.41, 5.74) is 1.09. The highest BCUT2D eigenvalue weighted by Gasteiger charge is 2.16. The SMILES string of the molecule is CN=C(NCCCOCCOC)NCc1ccc(OC2CCCC2)nc1. The van der Waals surface area contributed by atoms with Gasteiger partial charge in [-0.1, -0.05) is 6.07 Å². The van der Waals surface area contributed by atoms with Gasteiger partial charge in [0, 0.05) is 46.1 Å². The maximum absolute atomic E-state index is 5.89. The fourth-order valence-electron chi connectivity index (χ4n) is 2.79. The van der Waals surface area contributed by atoms with Crippen molar-refractivity contribution in [3.63, 3.8) is 0 Å². The number of hydrogen-bond acceptors (Lipinski definition) is 5. The highest BCUT2D eigenvalue weighted by atomic mass is 16.5. The molecule has 7 nitrogen and oxygen atoms in total. The number of methoxy groups -OCH3 is 1. The summed E-state index contributed by atoms with van der Waals surface area (Å²) in [4.78, 5) is 8.63. The van der Waals surface area contributed by atoms with E-state index in [1.165, 1.54) is 12.8 Å². The van der Waals surface area contributed by atoms with Gasteiger partial charge in [0.15, 0.2) is 5.96 Å². The molecular weight excluding hydrogens is 332 g/mol. The zero-order valence-corrected chi connectivity index (χ0v) is 16.0. The monoisotopic (exact) mass is 364 g/mol. The normalized spacial score (nSPS) is 15.2. The molecule has 0 radical (unpaired) electrons. The Hall–Kier alpha value is -1.86. The molecule has 1 aliphatic rings. The Balaban J connectivity index is 1.61. The van der Waals surface area contributed by atoms with Gasteiger partial charge in [0.25, 0.3) is 0 Å². The number of nitrogens with one attached hydrogen (secondary N) is 2. The number of nitrogens with zero attached hydrogens (tertiary/aromatic N) is 2. The third-order valence-corrected chi connectivity index (χ3v) is 4.26. The van der Waals surface area contributed by atoms with Gasteiger partial charge in [0.1, 0.15) is 6.10 Å². The Labute approximate surface area is 156 Å². The molecule has 1 saturated carbocycles. The van der Waals surface area contributed by atoms with Crippen molar-refractivity contribution in [1.29, 1.82) is 0 Å². The molecule has 1 fully saturated rings. The fraction of sp³-hybridized carbons (Fsp3) is 0.684. The van der Waals surface area contributed by atoms with Crippen molar-refractivity contribution < 1.29 is 14.2 Å². The summed E-state index contributed by atoms with van der Waals surface area (Å²) in [6, 6.07) is 3.99. The third kappa shape index (κ3) is 8.01. The predicted octanol–water partition coefficient (Wildman–Crippen LogP) is 2.12. The average molecular weight is 364 g/mol. The smallest absolute Gasteiger partial charge is 0.213 e. The zero-order valence-electron chi connectivity index (χ0n) is 16.0. The van der Waals surface area contributed by atoms with Gasteiger partial charge in [-0.3, -0.25) is 4.99 Å². The molecule has 0 unspecified atom stereocenters. The Bertz CT molecular complexity index is 516. The summed E-state index contributed by atoms with van der Waals surface area (Å²) >= 11 is 0. The molecule has 1 aliphatic carbocycles. The lowest BCUT2D eigenvalue weighted by Crippen LogP contribution is -2.37. The van der Waals surface area contributed by atoms with Crippen LogP contribution in [0.3, 0.4) is 0 Å². The molecule has 1 heterocycles. The van der Waals surface area contributed by atoms with E-state index in [1.807, 2.05) is 18.3 Å². The van der Waals surface area contributed by atoms with Crippen LogP contribution in [-0.2, 0) is 16.0 Å². The van der Waals surface area contributed by atoms with Crippen molar-refractivity contribution in [2.75, 3.05) is 40.5 Å². The van der Waals surface area contributed by atoms with Crippen LogP contribution in [0.4, 0.5) is 0 Å². The summed E-state index contributed by atoms with van der Waals surface area (Å²) < 4.78 is 16.3. The molecule has 0 aliphatic heterocycles. The number of pyridine rings is 1. The molecule has 0 aromatic carbocycles. The number of guanidine groups is 1. The second-order valence-electron chi connectivity index (χ2n) is 6.34. The van der Waals surface area contributed by atoms with E-state index in [4.69, 9.17) is 14.2 Å². The second-order valence-corrected chi connectivity index (χ2v) is 6.34. The molecule has 0 spiro atoms. The van der Waals surface area contributed by atoms with Crippen molar-refractivity contribution in [3.8, 4) is 5.88 Å². The van der Waals surface area contributed by atoms with E-state index < -0.39 is 0 Å². The van der Waals surface area contributed by atoms with E-state index >= 15 is 0 Å². The number of hydrogen-bond donors (Lipinski definition) is 2. The molecule has 0 bridgehead atoms. The summed E-state index contributed by atoms with van der Waals surface area (Å²) in [5.74, 6) is 1.49. The summed E-state index contributed by atoms with van der Waals surface area (Å²) in [7, 11) is 3.44. The Morgan fingerprint density at radius 3 is 2.73 bits per heavy atom. The van der Waals surface area contributed by atoms with Gasteiger partial charge in [0.2, 0.25) is 5.88 Å². The van der Waals surface area contributed by atoms with Crippen LogP contribution in [0.15, 0.2) is 23.3 Å². The Morgan fingerprint density at radius 2 is 2.04 bits per heavy atom. The van der Waals surface area contributed by atoms with Gasteiger partial charge < -0.3 is 24.8 Å². The first-order valence-electron chi connectivity index (χ1n) is 9.44. The van der Waals surface area contributed by atoms with Gasteiger partial charge in [-0.05, 0) is 37.7 Å². The summed E-state index contributed by atoms with van der Waals surface area (Å²) in [5, 5.41) is 6.56. The van der Waals surface area contributed by atoms with Crippen LogP contribution in [-0.4, -0.2) is 57.6 Å². The maximum Gasteiger partial charge on any atom is 0.213 e. The Kier molecular flexibility index (Phi) is 9.82. The second kappa shape index (κ2) is 12.5. The molecule has 26 heavy (non-hydrogen) atoms. The number of aliphatic imine (C=N–C) groups is 1. The molecule has 7 heteroatoms. The van der Waals surface area contributed by atoms with Crippen molar-refractivity contribution in [2.45, 2.75) is 44.8 Å².